The van der Waals surface area contributed by atoms with Crippen LogP contribution in [0.4, 0.5) is 0 Å². The number of benzene rings is 1. The largest absolute Gasteiger partial charge is 0.461 e. The van der Waals surface area contributed by atoms with Crippen molar-refractivity contribution in [3.05, 3.63) is 82.9 Å². The van der Waals surface area contributed by atoms with Gasteiger partial charge in [0.2, 0.25) is 0 Å². The zero-order chi connectivity index (χ0) is 16.8. The van der Waals surface area contributed by atoms with Gasteiger partial charge >= 0.3 is 0 Å². The summed E-state index contributed by atoms with van der Waals surface area (Å²) in [6.07, 6.45) is 6.46. The number of carbonyl (C=O) groups excluding carboxylic acids is 1. The molecule has 0 aliphatic heterocycles. The van der Waals surface area contributed by atoms with Crippen molar-refractivity contribution in [2.75, 3.05) is 0 Å². The lowest BCUT2D eigenvalue weighted by molar-refractivity contribution is -0.129. The zero-order valence-electron chi connectivity index (χ0n) is 13.6. The molecule has 0 saturated heterocycles. The smallest absolute Gasteiger partial charge is 0.293 e. The molecule has 122 valence electrons. The Hall–Kier alpha value is -2.95. The van der Waals surface area contributed by atoms with Crippen LogP contribution in [0, 0.1) is 6.92 Å². The average molecular weight is 321 g/mol. The van der Waals surface area contributed by atoms with Crippen molar-refractivity contribution in [1.29, 1.82) is 0 Å². The number of aryl methyl sites for hydroxylation is 1. The van der Waals surface area contributed by atoms with Gasteiger partial charge in [-0.25, -0.2) is 0 Å². The molecule has 2 heterocycles. The number of aromatic nitrogens is 3. The molecule has 0 unspecified atom stereocenters. The van der Waals surface area contributed by atoms with Gasteiger partial charge < -0.3 is 4.74 Å². The molecule has 0 saturated carbocycles. The van der Waals surface area contributed by atoms with E-state index in [9.17, 15) is 4.79 Å². The van der Waals surface area contributed by atoms with Crippen LogP contribution in [-0.4, -0.2) is 21.2 Å². The SMILES string of the molecule is Cc1cnn(Cc2ccc(Cc3ccnc(COC=O)c3)cc2)c1. The number of ether oxygens (including phenoxy) is 1. The second-order valence-electron chi connectivity index (χ2n) is 5.77. The van der Waals surface area contributed by atoms with Crippen LogP contribution in [-0.2, 0) is 29.1 Å². The molecule has 0 aliphatic rings. The molecule has 0 N–H and O–H groups in total. The molecule has 24 heavy (non-hydrogen) atoms. The van der Waals surface area contributed by atoms with E-state index in [1.807, 2.05) is 36.1 Å². The highest BCUT2D eigenvalue weighted by Gasteiger charge is 2.02. The highest BCUT2D eigenvalue weighted by atomic mass is 16.5. The van der Waals surface area contributed by atoms with Gasteiger partial charge in [-0.15, -0.1) is 0 Å². The molecular formula is C19H19N3O2. The Morgan fingerprint density at radius 1 is 1.12 bits per heavy atom. The van der Waals surface area contributed by atoms with Gasteiger partial charge in [-0.05, 0) is 47.7 Å². The van der Waals surface area contributed by atoms with Gasteiger partial charge in [0.05, 0.1) is 18.4 Å². The van der Waals surface area contributed by atoms with E-state index in [0.717, 1.165) is 24.2 Å². The number of pyridine rings is 1. The molecule has 0 spiro atoms. The molecule has 5 nitrogen and oxygen atoms in total. The summed E-state index contributed by atoms with van der Waals surface area (Å²) in [4.78, 5) is 14.5. The van der Waals surface area contributed by atoms with E-state index in [0.29, 0.717) is 6.47 Å². The molecule has 2 aromatic heterocycles. The van der Waals surface area contributed by atoms with Crippen LogP contribution < -0.4 is 0 Å². The molecule has 5 heteroatoms. The number of hydrogen-bond donors (Lipinski definition) is 0. The van der Waals surface area contributed by atoms with E-state index in [-0.39, 0.29) is 6.61 Å². The third-order valence-electron chi connectivity index (χ3n) is 3.72. The van der Waals surface area contributed by atoms with Gasteiger partial charge in [0.1, 0.15) is 6.61 Å². The molecule has 0 bridgehead atoms. The normalized spacial score (nSPS) is 10.5. The molecule has 0 amide bonds. The standard InChI is InChI=1S/C19H19N3O2/c1-15-10-21-22(11-15)12-17-4-2-16(3-5-17)8-18-6-7-20-19(9-18)13-24-14-23/h2-7,9-11,14H,8,12-13H2,1H3. The molecule has 0 atom stereocenters. The van der Waals surface area contributed by atoms with Crippen molar-refractivity contribution in [3.63, 3.8) is 0 Å². The van der Waals surface area contributed by atoms with E-state index >= 15 is 0 Å². The second kappa shape index (κ2) is 7.55. The second-order valence-corrected chi connectivity index (χ2v) is 5.77. The Morgan fingerprint density at radius 3 is 2.62 bits per heavy atom. The van der Waals surface area contributed by atoms with Crippen LogP contribution in [0.15, 0.2) is 55.0 Å². The van der Waals surface area contributed by atoms with E-state index in [2.05, 4.69) is 34.3 Å². The maximum Gasteiger partial charge on any atom is 0.293 e. The fraction of sp³-hybridized carbons (Fsp3) is 0.211. The molecular weight excluding hydrogens is 302 g/mol. The van der Waals surface area contributed by atoms with Crippen LogP contribution in [0.1, 0.15) is 27.9 Å². The molecule has 0 radical (unpaired) electrons. The Morgan fingerprint density at radius 2 is 1.92 bits per heavy atom. The number of rotatable bonds is 7. The minimum absolute atomic E-state index is 0.208. The Kier molecular flexibility index (Phi) is 5.01. The van der Waals surface area contributed by atoms with Crippen LogP contribution >= 0.6 is 0 Å². The van der Waals surface area contributed by atoms with E-state index in [1.165, 1.54) is 16.7 Å². The summed E-state index contributed by atoms with van der Waals surface area (Å²) in [6, 6.07) is 12.5. The Labute approximate surface area is 140 Å². The van der Waals surface area contributed by atoms with Gasteiger partial charge in [-0.1, -0.05) is 24.3 Å². The first-order valence-electron chi connectivity index (χ1n) is 7.79. The van der Waals surface area contributed by atoms with Crippen molar-refractivity contribution in [1.82, 2.24) is 14.8 Å². The topological polar surface area (TPSA) is 57.0 Å². The van der Waals surface area contributed by atoms with Gasteiger partial charge in [0.15, 0.2) is 0 Å². The maximum absolute atomic E-state index is 10.3. The highest BCUT2D eigenvalue weighted by Crippen LogP contribution is 2.13. The summed E-state index contributed by atoms with van der Waals surface area (Å²) in [7, 11) is 0. The summed E-state index contributed by atoms with van der Waals surface area (Å²) in [5.74, 6) is 0. The van der Waals surface area contributed by atoms with Crippen LogP contribution in [0.3, 0.4) is 0 Å². The van der Waals surface area contributed by atoms with E-state index in [4.69, 9.17) is 4.74 Å². The van der Waals surface area contributed by atoms with Crippen molar-refractivity contribution in [2.45, 2.75) is 26.5 Å². The number of nitrogens with zero attached hydrogens (tertiary/aromatic N) is 3. The number of carbonyl (C=O) groups is 1. The third-order valence-corrected chi connectivity index (χ3v) is 3.72. The molecule has 3 rings (SSSR count). The van der Waals surface area contributed by atoms with Gasteiger partial charge in [-0.2, -0.15) is 5.10 Å². The minimum atomic E-state index is 0.208. The van der Waals surface area contributed by atoms with E-state index in [1.54, 1.807) is 6.20 Å². The fourth-order valence-electron chi connectivity index (χ4n) is 2.58. The van der Waals surface area contributed by atoms with Crippen LogP contribution in [0.2, 0.25) is 0 Å². The molecule has 0 aliphatic carbocycles. The average Bonchev–Trinajstić information content (AvgIpc) is 3.00. The van der Waals surface area contributed by atoms with Crippen LogP contribution in [0.25, 0.3) is 0 Å². The van der Waals surface area contributed by atoms with Gasteiger partial charge in [0.25, 0.3) is 6.47 Å². The van der Waals surface area contributed by atoms with Crippen molar-refractivity contribution in [2.24, 2.45) is 0 Å². The molecule has 3 aromatic rings. The van der Waals surface area contributed by atoms with Crippen molar-refractivity contribution in [3.8, 4) is 0 Å². The lowest BCUT2D eigenvalue weighted by atomic mass is 10.0. The monoisotopic (exact) mass is 321 g/mol. The summed E-state index contributed by atoms with van der Waals surface area (Å²) in [5, 5.41) is 4.31. The predicted octanol–water partition coefficient (Wildman–Crippen LogP) is 2.90. The Bertz CT molecular complexity index is 809. The van der Waals surface area contributed by atoms with E-state index < -0.39 is 0 Å². The quantitative estimate of drug-likeness (QED) is 0.628. The van der Waals surface area contributed by atoms with Crippen molar-refractivity contribution < 1.29 is 9.53 Å². The Balaban J connectivity index is 1.64. The molecule has 1 aromatic carbocycles. The zero-order valence-corrected chi connectivity index (χ0v) is 13.6. The molecule has 0 fully saturated rings. The number of hydrogen-bond acceptors (Lipinski definition) is 4. The summed E-state index contributed by atoms with van der Waals surface area (Å²) < 4.78 is 6.68. The lowest BCUT2D eigenvalue weighted by Gasteiger charge is -2.06. The first-order chi connectivity index (χ1) is 11.7. The summed E-state index contributed by atoms with van der Waals surface area (Å²) >= 11 is 0. The third kappa shape index (κ3) is 4.29. The summed E-state index contributed by atoms with van der Waals surface area (Å²) in [5.41, 5.74) is 5.51. The first-order valence-corrected chi connectivity index (χ1v) is 7.79. The highest BCUT2D eigenvalue weighted by molar-refractivity contribution is 5.37. The van der Waals surface area contributed by atoms with Crippen molar-refractivity contribution >= 4 is 6.47 Å². The summed E-state index contributed by atoms with van der Waals surface area (Å²) in [6.45, 7) is 3.46. The lowest BCUT2D eigenvalue weighted by Crippen LogP contribution is -2.00. The minimum Gasteiger partial charge on any atom is -0.461 e. The fourth-order valence-corrected chi connectivity index (χ4v) is 2.58. The van der Waals surface area contributed by atoms with Crippen LogP contribution in [0.5, 0.6) is 0 Å². The first kappa shape index (κ1) is 15.9. The maximum atomic E-state index is 10.3. The predicted molar refractivity (Wildman–Crippen MR) is 90.4 cm³/mol. The van der Waals surface area contributed by atoms with Gasteiger partial charge in [0, 0.05) is 12.4 Å². The van der Waals surface area contributed by atoms with Gasteiger partial charge in [-0.3, -0.25) is 14.5 Å².